The van der Waals surface area contributed by atoms with E-state index in [0.717, 1.165) is 11.4 Å². The highest BCUT2D eigenvalue weighted by atomic mass is 32.2. The van der Waals surface area contributed by atoms with E-state index < -0.39 is 9.84 Å². The molecule has 1 saturated heterocycles. The summed E-state index contributed by atoms with van der Waals surface area (Å²) in [6, 6.07) is 9.42. The summed E-state index contributed by atoms with van der Waals surface area (Å²) in [5.74, 6) is 0.907. The average Bonchev–Trinajstić information content (AvgIpc) is 3.08. The van der Waals surface area contributed by atoms with Crippen LogP contribution in [0.4, 0.5) is 0 Å². The zero-order valence-corrected chi connectivity index (χ0v) is 14.8. The minimum Gasteiger partial charge on any atom is -0.352 e. The predicted molar refractivity (Wildman–Crippen MR) is 92.4 cm³/mol. The number of hydrogen-bond donors (Lipinski definition) is 1. The van der Waals surface area contributed by atoms with Crippen LogP contribution in [0.15, 0.2) is 35.5 Å². The van der Waals surface area contributed by atoms with Crippen LogP contribution in [0, 0.1) is 0 Å². The van der Waals surface area contributed by atoms with Crippen molar-refractivity contribution in [1.29, 1.82) is 0 Å². The Morgan fingerprint density at radius 3 is 2.75 bits per heavy atom. The molecular formula is C15H18N4O3S2. The van der Waals surface area contributed by atoms with Crippen LogP contribution in [0.2, 0.25) is 0 Å². The molecule has 1 fully saturated rings. The van der Waals surface area contributed by atoms with Crippen LogP contribution >= 0.6 is 11.8 Å². The van der Waals surface area contributed by atoms with E-state index in [1.165, 1.54) is 11.8 Å². The lowest BCUT2D eigenvalue weighted by molar-refractivity contribution is -0.119. The molecule has 0 spiro atoms. The number of amides is 1. The normalized spacial score (nSPS) is 19.3. The molecule has 0 saturated carbocycles. The molecule has 1 aromatic carbocycles. The molecule has 24 heavy (non-hydrogen) atoms. The van der Waals surface area contributed by atoms with Gasteiger partial charge in [-0.2, -0.15) is 0 Å². The molecule has 1 amide bonds. The van der Waals surface area contributed by atoms with Crippen molar-refractivity contribution in [1.82, 2.24) is 20.1 Å². The maximum absolute atomic E-state index is 12.0. The molecule has 0 unspecified atom stereocenters. The highest BCUT2D eigenvalue weighted by molar-refractivity contribution is 7.99. The van der Waals surface area contributed by atoms with Crippen LogP contribution in [-0.4, -0.2) is 52.4 Å². The lowest BCUT2D eigenvalue weighted by Crippen LogP contribution is -2.36. The van der Waals surface area contributed by atoms with Crippen molar-refractivity contribution in [2.75, 3.05) is 17.3 Å². The summed E-state index contributed by atoms with van der Waals surface area (Å²) in [6.07, 6.45) is 0.487. The standard InChI is InChI=1S/C15H18N4O3S2/c1-19-14(11-5-3-2-4-6-11)17-18-15(19)23-9-13(20)16-12-7-8-24(21,22)10-12/h2-6,12H,7-10H2,1H3,(H,16,20)/t12-/m1/s1. The highest BCUT2D eigenvalue weighted by Gasteiger charge is 2.28. The van der Waals surface area contributed by atoms with Crippen molar-refractivity contribution in [3.05, 3.63) is 30.3 Å². The summed E-state index contributed by atoms with van der Waals surface area (Å²) in [6.45, 7) is 0. The van der Waals surface area contributed by atoms with Gasteiger partial charge >= 0.3 is 0 Å². The maximum Gasteiger partial charge on any atom is 0.230 e. The monoisotopic (exact) mass is 366 g/mol. The van der Waals surface area contributed by atoms with Gasteiger partial charge in [0.25, 0.3) is 0 Å². The first-order valence-corrected chi connectivity index (χ1v) is 10.3. The minimum atomic E-state index is -2.99. The molecule has 0 radical (unpaired) electrons. The van der Waals surface area contributed by atoms with Crippen LogP contribution in [0.25, 0.3) is 11.4 Å². The van der Waals surface area contributed by atoms with E-state index in [1.54, 1.807) is 0 Å². The van der Waals surface area contributed by atoms with Gasteiger partial charge in [0.1, 0.15) is 0 Å². The quantitative estimate of drug-likeness (QED) is 0.790. The molecule has 2 aromatic rings. The number of benzene rings is 1. The third kappa shape index (κ3) is 3.96. The van der Waals surface area contributed by atoms with Gasteiger partial charge < -0.3 is 9.88 Å². The second-order valence-electron chi connectivity index (χ2n) is 5.69. The third-order valence-electron chi connectivity index (χ3n) is 3.80. The lowest BCUT2D eigenvalue weighted by atomic mass is 10.2. The van der Waals surface area contributed by atoms with Crippen LogP contribution in [-0.2, 0) is 21.7 Å². The van der Waals surface area contributed by atoms with E-state index in [0.29, 0.717) is 11.6 Å². The van der Waals surface area contributed by atoms with Crippen molar-refractivity contribution in [3.63, 3.8) is 0 Å². The minimum absolute atomic E-state index is 0.0333. The van der Waals surface area contributed by atoms with Gasteiger partial charge in [-0.15, -0.1) is 10.2 Å². The zero-order chi connectivity index (χ0) is 17.2. The Hall–Kier alpha value is -1.87. The van der Waals surface area contributed by atoms with E-state index in [4.69, 9.17) is 0 Å². The molecular weight excluding hydrogens is 348 g/mol. The molecule has 1 aliphatic heterocycles. The van der Waals surface area contributed by atoms with Crippen LogP contribution in [0.5, 0.6) is 0 Å². The number of carbonyl (C=O) groups is 1. The molecule has 1 atom stereocenters. The molecule has 9 heteroatoms. The van der Waals surface area contributed by atoms with Crippen LogP contribution in [0.1, 0.15) is 6.42 Å². The van der Waals surface area contributed by atoms with E-state index in [2.05, 4.69) is 15.5 Å². The Labute approximate surface area is 144 Å². The maximum atomic E-state index is 12.0. The van der Waals surface area contributed by atoms with Crippen molar-refractivity contribution in [2.45, 2.75) is 17.6 Å². The van der Waals surface area contributed by atoms with Gasteiger partial charge in [-0.1, -0.05) is 42.1 Å². The third-order valence-corrected chi connectivity index (χ3v) is 6.58. The summed E-state index contributed by atoms with van der Waals surface area (Å²) in [5, 5.41) is 11.7. The first-order valence-electron chi connectivity index (χ1n) is 7.52. The molecule has 1 N–H and O–H groups in total. The molecule has 0 bridgehead atoms. The number of nitrogens with one attached hydrogen (secondary N) is 1. The molecule has 1 aromatic heterocycles. The van der Waals surface area contributed by atoms with E-state index in [-0.39, 0.29) is 29.2 Å². The smallest absolute Gasteiger partial charge is 0.230 e. The van der Waals surface area contributed by atoms with E-state index >= 15 is 0 Å². The first kappa shape index (κ1) is 17.0. The largest absolute Gasteiger partial charge is 0.352 e. The van der Waals surface area contributed by atoms with Gasteiger partial charge in [-0.05, 0) is 6.42 Å². The summed E-state index contributed by atoms with van der Waals surface area (Å²) < 4.78 is 24.7. The van der Waals surface area contributed by atoms with Crippen molar-refractivity contribution < 1.29 is 13.2 Å². The predicted octanol–water partition coefficient (Wildman–Crippen LogP) is 0.877. The number of thioether (sulfide) groups is 1. The van der Waals surface area contributed by atoms with Gasteiger partial charge in [0, 0.05) is 18.7 Å². The Balaban J connectivity index is 1.57. The topological polar surface area (TPSA) is 94.0 Å². The van der Waals surface area contributed by atoms with Crippen molar-refractivity contribution in [3.8, 4) is 11.4 Å². The van der Waals surface area contributed by atoms with Crippen molar-refractivity contribution in [2.24, 2.45) is 7.05 Å². The van der Waals surface area contributed by atoms with Gasteiger partial charge in [-0.25, -0.2) is 8.42 Å². The van der Waals surface area contributed by atoms with Gasteiger partial charge in [0.05, 0.1) is 17.3 Å². The molecule has 7 nitrogen and oxygen atoms in total. The zero-order valence-electron chi connectivity index (χ0n) is 13.2. The van der Waals surface area contributed by atoms with Gasteiger partial charge in [0.2, 0.25) is 5.91 Å². The molecule has 3 rings (SSSR count). The summed E-state index contributed by atoms with van der Waals surface area (Å²) in [4.78, 5) is 12.0. The Kier molecular flexibility index (Phi) is 4.91. The molecule has 0 aliphatic carbocycles. The lowest BCUT2D eigenvalue weighted by Gasteiger charge is -2.10. The Morgan fingerprint density at radius 1 is 1.33 bits per heavy atom. The SMILES string of the molecule is Cn1c(SCC(=O)N[C@@H]2CCS(=O)(=O)C2)nnc1-c1ccccc1. The van der Waals surface area contributed by atoms with Crippen LogP contribution < -0.4 is 5.32 Å². The number of rotatable bonds is 5. The van der Waals surface area contributed by atoms with Gasteiger partial charge in [-0.3, -0.25) is 4.79 Å². The molecule has 1 aliphatic rings. The number of sulfone groups is 1. The summed E-state index contributed by atoms with van der Waals surface area (Å²) in [7, 11) is -1.14. The van der Waals surface area contributed by atoms with Gasteiger partial charge in [0.15, 0.2) is 20.8 Å². The van der Waals surface area contributed by atoms with E-state index in [9.17, 15) is 13.2 Å². The first-order chi connectivity index (χ1) is 11.4. The average molecular weight is 366 g/mol. The summed E-state index contributed by atoms with van der Waals surface area (Å²) in [5.41, 5.74) is 0.958. The Morgan fingerprint density at radius 2 is 2.08 bits per heavy atom. The number of aromatic nitrogens is 3. The van der Waals surface area contributed by atoms with Crippen molar-refractivity contribution >= 4 is 27.5 Å². The number of nitrogens with zero attached hydrogens (tertiary/aromatic N) is 3. The fourth-order valence-corrected chi connectivity index (χ4v) is 4.98. The fraction of sp³-hybridized carbons (Fsp3) is 0.400. The second-order valence-corrected chi connectivity index (χ2v) is 8.86. The molecule has 2 heterocycles. The van der Waals surface area contributed by atoms with E-state index in [1.807, 2.05) is 41.9 Å². The fourth-order valence-electron chi connectivity index (χ4n) is 2.59. The summed E-state index contributed by atoms with van der Waals surface area (Å²) >= 11 is 1.28. The molecule has 128 valence electrons. The highest BCUT2D eigenvalue weighted by Crippen LogP contribution is 2.22. The second kappa shape index (κ2) is 6.94. The van der Waals surface area contributed by atoms with Crippen LogP contribution in [0.3, 0.4) is 0 Å². The number of carbonyl (C=O) groups excluding carboxylic acids is 1. The Bertz CT molecular complexity index is 834. The number of hydrogen-bond acceptors (Lipinski definition) is 6.